The van der Waals surface area contributed by atoms with E-state index in [4.69, 9.17) is 9.47 Å². The molecule has 0 N–H and O–H groups in total. The number of benzene rings is 1. The number of nitriles is 1. The van der Waals surface area contributed by atoms with Crippen LogP contribution in [-0.4, -0.2) is 42.0 Å². The Morgan fingerprint density at radius 1 is 1.39 bits per heavy atom. The lowest BCUT2D eigenvalue weighted by Crippen LogP contribution is -2.42. The van der Waals surface area contributed by atoms with Crippen LogP contribution in [0.5, 0.6) is 0 Å². The number of hydrogen-bond donors (Lipinski definition) is 0. The van der Waals surface area contributed by atoms with Gasteiger partial charge in [0, 0.05) is 17.3 Å². The van der Waals surface area contributed by atoms with Gasteiger partial charge in [0.25, 0.3) is 0 Å². The van der Waals surface area contributed by atoms with Crippen molar-refractivity contribution in [2.24, 2.45) is 0 Å². The van der Waals surface area contributed by atoms with Gasteiger partial charge >= 0.3 is 12.2 Å². The highest BCUT2D eigenvalue weighted by molar-refractivity contribution is 7.13. The number of amides is 2. The predicted octanol–water partition coefficient (Wildman–Crippen LogP) is 4.47. The van der Waals surface area contributed by atoms with Crippen molar-refractivity contribution in [3.63, 3.8) is 0 Å². The molecule has 4 rings (SSSR count). The van der Waals surface area contributed by atoms with Crippen LogP contribution in [-0.2, 0) is 14.9 Å². The standard InChI is InChI=1S/C22H24N4O4S/c1-21(2,3)30-20(28)26(18-24-10-11-31-18)13-17-12-25(19(27)29-17)16-6-4-15(5-7-16)22(14-23)8-9-22/h4-7,10-11,17H,8-9,12-13H2,1-3H3/t17-/m1/s1. The van der Waals surface area contributed by atoms with Crippen molar-refractivity contribution >= 4 is 34.3 Å². The predicted molar refractivity (Wildman–Crippen MR) is 116 cm³/mol. The maximum atomic E-state index is 12.7. The first kappa shape index (κ1) is 21.1. The third-order valence-corrected chi connectivity index (χ3v) is 6.01. The van der Waals surface area contributed by atoms with E-state index in [1.165, 1.54) is 21.1 Å². The van der Waals surface area contributed by atoms with Crippen LogP contribution in [0.15, 0.2) is 35.8 Å². The summed E-state index contributed by atoms with van der Waals surface area (Å²) in [6, 6.07) is 9.84. The van der Waals surface area contributed by atoms with Crippen LogP contribution >= 0.6 is 11.3 Å². The monoisotopic (exact) mass is 440 g/mol. The smallest absolute Gasteiger partial charge is 0.416 e. The van der Waals surface area contributed by atoms with E-state index in [1.54, 1.807) is 32.3 Å². The van der Waals surface area contributed by atoms with Gasteiger partial charge in [-0.1, -0.05) is 12.1 Å². The second kappa shape index (κ2) is 7.85. The first-order valence-corrected chi connectivity index (χ1v) is 11.0. The Labute approximate surface area is 185 Å². The van der Waals surface area contributed by atoms with E-state index < -0.39 is 23.9 Å². The summed E-state index contributed by atoms with van der Waals surface area (Å²) in [7, 11) is 0. The van der Waals surface area contributed by atoms with E-state index in [2.05, 4.69) is 11.1 Å². The number of ether oxygens (including phenoxy) is 2. The largest absolute Gasteiger partial charge is 0.443 e. The minimum Gasteiger partial charge on any atom is -0.443 e. The molecule has 1 atom stereocenters. The number of carbonyl (C=O) groups is 2. The number of thiazole rings is 1. The first-order valence-electron chi connectivity index (χ1n) is 10.1. The fourth-order valence-corrected chi connectivity index (χ4v) is 4.12. The lowest BCUT2D eigenvalue weighted by atomic mass is 9.97. The Bertz CT molecular complexity index is 1000. The number of aromatic nitrogens is 1. The zero-order valence-electron chi connectivity index (χ0n) is 17.7. The Morgan fingerprint density at radius 2 is 2.10 bits per heavy atom. The van der Waals surface area contributed by atoms with Gasteiger partial charge in [0.15, 0.2) is 5.13 Å². The van der Waals surface area contributed by atoms with Gasteiger partial charge in [-0.15, -0.1) is 11.3 Å². The van der Waals surface area contributed by atoms with Gasteiger partial charge in [-0.05, 0) is 51.3 Å². The molecule has 0 unspecified atom stereocenters. The van der Waals surface area contributed by atoms with Gasteiger partial charge in [0.1, 0.15) is 11.7 Å². The number of carbonyl (C=O) groups excluding carboxylic acids is 2. The van der Waals surface area contributed by atoms with Crippen molar-refractivity contribution < 1.29 is 19.1 Å². The molecule has 9 heteroatoms. The molecule has 31 heavy (non-hydrogen) atoms. The third kappa shape index (κ3) is 4.49. The summed E-state index contributed by atoms with van der Waals surface area (Å²) in [5.74, 6) is 0. The number of rotatable bonds is 5. The van der Waals surface area contributed by atoms with Crippen molar-refractivity contribution in [2.45, 2.75) is 50.7 Å². The molecular weight excluding hydrogens is 416 g/mol. The highest BCUT2D eigenvalue weighted by atomic mass is 32.1. The summed E-state index contributed by atoms with van der Waals surface area (Å²) in [5.41, 5.74) is 0.648. The van der Waals surface area contributed by atoms with Gasteiger partial charge in [-0.25, -0.2) is 19.5 Å². The third-order valence-electron chi connectivity index (χ3n) is 5.22. The van der Waals surface area contributed by atoms with E-state index in [1.807, 2.05) is 24.3 Å². The molecule has 0 bridgehead atoms. The molecule has 1 saturated heterocycles. The Morgan fingerprint density at radius 3 is 2.65 bits per heavy atom. The highest BCUT2D eigenvalue weighted by Crippen LogP contribution is 2.47. The molecule has 2 heterocycles. The second-order valence-electron chi connectivity index (χ2n) is 8.76. The van der Waals surface area contributed by atoms with Crippen molar-refractivity contribution in [2.75, 3.05) is 22.9 Å². The number of anilines is 2. The summed E-state index contributed by atoms with van der Waals surface area (Å²) < 4.78 is 11.0. The Kier molecular flexibility index (Phi) is 5.35. The zero-order valence-corrected chi connectivity index (χ0v) is 18.5. The minimum atomic E-state index is -0.658. The molecule has 1 aliphatic carbocycles. The summed E-state index contributed by atoms with van der Waals surface area (Å²) in [5, 5.41) is 11.6. The fourth-order valence-electron chi connectivity index (χ4n) is 3.48. The zero-order chi connectivity index (χ0) is 22.2. The van der Waals surface area contributed by atoms with E-state index in [9.17, 15) is 14.9 Å². The maximum Gasteiger partial charge on any atom is 0.416 e. The molecule has 1 aromatic carbocycles. The van der Waals surface area contributed by atoms with Crippen molar-refractivity contribution in [3.8, 4) is 6.07 Å². The molecule has 1 aromatic heterocycles. The van der Waals surface area contributed by atoms with Gasteiger partial charge in [-0.2, -0.15) is 5.26 Å². The van der Waals surface area contributed by atoms with Crippen molar-refractivity contribution in [1.29, 1.82) is 5.26 Å². The first-order chi connectivity index (χ1) is 14.7. The number of hydrogen-bond acceptors (Lipinski definition) is 7. The summed E-state index contributed by atoms with van der Waals surface area (Å²) >= 11 is 1.31. The highest BCUT2D eigenvalue weighted by Gasteiger charge is 2.45. The molecule has 1 saturated carbocycles. The van der Waals surface area contributed by atoms with Gasteiger partial charge in [-0.3, -0.25) is 4.90 Å². The van der Waals surface area contributed by atoms with E-state index >= 15 is 0 Å². The van der Waals surface area contributed by atoms with Crippen LogP contribution in [0.25, 0.3) is 0 Å². The molecule has 0 radical (unpaired) electrons. The lowest BCUT2D eigenvalue weighted by molar-refractivity contribution is 0.0558. The van der Waals surface area contributed by atoms with Gasteiger partial charge in [0.2, 0.25) is 0 Å². The van der Waals surface area contributed by atoms with Crippen LogP contribution in [0, 0.1) is 11.3 Å². The topological polar surface area (TPSA) is 95.8 Å². The summed E-state index contributed by atoms with van der Waals surface area (Å²) in [6.45, 7) is 5.82. The van der Waals surface area contributed by atoms with E-state index in [-0.39, 0.29) is 12.0 Å². The molecule has 8 nitrogen and oxygen atoms in total. The van der Waals surface area contributed by atoms with Crippen LogP contribution in [0.4, 0.5) is 20.4 Å². The molecule has 2 aromatic rings. The van der Waals surface area contributed by atoms with Crippen LogP contribution in [0.2, 0.25) is 0 Å². The van der Waals surface area contributed by atoms with E-state index in [0.29, 0.717) is 17.4 Å². The molecule has 2 aliphatic rings. The molecule has 0 spiro atoms. The number of cyclic esters (lactones) is 1. The average Bonchev–Trinajstić information content (AvgIpc) is 3.15. The quantitative estimate of drug-likeness (QED) is 0.681. The second-order valence-corrected chi connectivity index (χ2v) is 9.64. The molecule has 162 valence electrons. The van der Waals surface area contributed by atoms with Crippen molar-refractivity contribution in [3.05, 3.63) is 41.4 Å². The van der Waals surface area contributed by atoms with Crippen LogP contribution < -0.4 is 9.80 Å². The van der Waals surface area contributed by atoms with Gasteiger partial charge < -0.3 is 9.47 Å². The van der Waals surface area contributed by atoms with Crippen LogP contribution in [0.1, 0.15) is 39.2 Å². The maximum absolute atomic E-state index is 12.7. The summed E-state index contributed by atoms with van der Waals surface area (Å²) in [6.07, 6.45) is 1.81. The minimum absolute atomic E-state index is 0.139. The van der Waals surface area contributed by atoms with Crippen molar-refractivity contribution in [1.82, 2.24) is 4.98 Å². The van der Waals surface area contributed by atoms with Gasteiger partial charge in [0.05, 0.1) is 24.6 Å². The Hall–Kier alpha value is -3.12. The molecule has 2 fully saturated rings. The fraction of sp³-hybridized carbons (Fsp3) is 0.455. The SMILES string of the molecule is CC(C)(C)OC(=O)N(C[C@H]1CN(c2ccc(C3(C#N)CC3)cc2)C(=O)O1)c1nccs1. The molecule has 1 aliphatic heterocycles. The van der Waals surface area contributed by atoms with Crippen LogP contribution in [0.3, 0.4) is 0 Å². The normalized spacial score (nSPS) is 19.5. The lowest BCUT2D eigenvalue weighted by Gasteiger charge is -2.26. The molecule has 2 amide bonds. The summed E-state index contributed by atoms with van der Waals surface area (Å²) in [4.78, 5) is 32.4. The van der Waals surface area contributed by atoms with E-state index in [0.717, 1.165) is 18.4 Å². The molecular formula is C22H24N4O4S. The Balaban J connectivity index is 1.46. The average molecular weight is 441 g/mol. The number of nitrogens with zero attached hydrogens (tertiary/aromatic N) is 4.